The normalized spacial score (nSPS) is 15.0. The lowest BCUT2D eigenvalue weighted by molar-refractivity contribution is 0.365. The molecule has 1 N–H and O–H groups in total. The Kier molecular flexibility index (Phi) is 4.45. The van der Waals surface area contributed by atoms with Crippen LogP contribution in [0.5, 0.6) is 0 Å². The number of piperidine rings is 1. The average molecular weight is 426 g/mol. The summed E-state index contributed by atoms with van der Waals surface area (Å²) in [6.45, 7) is 1.88. The summed E-state index contributed by atoms with van der Waals surface area (Å²) in [6, 6.07) is 10.9. The summed E-state index contributed by atoms with van der Waals surface area (Å²) in [5.74, 6) is 0.985. The second kappa shape index (κ2) is 7.60. The number of nitrogens with one attached hydrogen (secondary N) is 1. The third-order valence-electron chi connectivity index (χ3n) is 6.22. The highest BCUT2D eigenvalue weighted by molar-refractivity contribution is 5.95. The fraction of sp³-hybridized carbons (Fsp3) is 0.261. The van der Waals surface area contributed by atoms with Gasteiger partial charge in [-0.3, -0.25) is 9.78 Å². The van der Waals surface area contributed by atoms with E-state index in [0.717, 1.165) is 65.0 Å². The molecule has 0 aliphatic carbocycles. The van der Waals surface area contributed by atoms with Crippen LogP contribution >= 0.6 is 0 Å². The Balaban J connectivity index is 1.29. The molecule has 4 aromatic heterocycles. The maximum atomic E-state index is 4.65. The first-order valence-electron chi connectivity index (χ1n) is 10.8. The largest absolute Gasteiger partial charge is 0.356 e. The van der Waals surface area contributed by atoms with E-state index in [9.17, 15) is 0 Å². The fourth-order valence-corrected chi connectivity index (χ4v) is 4.49. The number of aromatic amines is 1. The maximum Gasteiger partial charge on any atom is 0.137 e. The molecule has 32 heavy (non-hydrogen) atoms. The molecule has 0 atom stereocenters. The predicted octanol–water partition coefficient (Wildman–Crippen LogP) is 3.46. The molecular weight excluding hydrogens is 402 g/mol. The minimum Gasteiger partial charge on any atom is -0.356 e. The van der Waals surface area contributed by atoms with Crippen molar-refractivity contribution in [1.29, 1.82) is 0 Å². The van der Waals surface area contributed by atoms with Gasteiger partial charge in [0.05, 0.1) is 17.8 Å². The Morgan fingerprint density at radius 1 is 1.00 bits per heavy atom. The van der Waals surface area contributed by atoms with Crippen molar-refractivity contribution < 1.29 is 0 Å². The third-order valence-corrected chi connectivity index (χ3v) is 6.22. The van der Waals surface area contributed by atoms with Crippen LogP contribution in [0.4, 0.5) is 5.82 Å². The first-order valence-corrected chi connectivity index (χ1v) is 10.8. The lowest BCUT2D eigenvalue weighted by Crippen LogP contribution is -2.35. The molecule has 5 aromatic rings. The summed E-state index contributed by atoms with van der Waals surface area (Å²) in [4.78, 5) is 11.1. The molecule has 6 rings (SSSR count). The van der Waals surface area contributed by atoms with Gasteiger partial charge in [0.2, 0.25) is 0 Å². The Morgan fingerprint density at radius 3 is 2.69 bits per heavy atom. The number of H-pyrrole nitrogens is 1. The molecule has 9 heteroatoms. The van der Waals surface area contributed by atoms with Crippen LogP contribution in [0.3, 0.4) is 0 Å². The Labute approximate surface area is 184 Å². The minimum atomic E-state index is 0.401. The summed E-state index contributed by atoms with van der Waals surface area (Å²) >= 11 is 0. The number of nitrogens with zero attached hydrogens (tertiary/aromatic N) is 8. The molecule has 1 aliphatic heterocycles. The molecule has 0 amide bonds. The molecule has 1 fully saturated rings. The molecule has 0 spiro atoms. The van der Waals surface area contributed by atoms with Gasteiger partial charge in [-0.1, -0.05) is 6.07 Å². The van der Waals surface area contributed by atoms with E-state index in [1.165, 1.54) is 0 Å². The SMILES string of the molecule is Cn1cc(-c2ccc3[nH]nc(-c4ccnc(N5CCC(n6cncn6)CC5)c4)c3c2)cn1. The average Bonchev–Trinajstić information content (AvgIpc) is 3.60. The number of anilines is 1. The van der Waals surface area contributed by atoms with Gasteiger partial charge in [0.25, 0.3) is 0 Å². The molecule has 1 aliphatic rings. The summed E-state index contributed by atoms with van der Waals surface area (Å²) in [7, 11) is 1.93. The molecule has 5 heterocycles. The van der Waals surface area contributed by atoms with Crippen LogP contribution in [-0.4, -0.2) is 52.8 Å². The first kappa shape index (κ1) is 18.7. The fourth-order valence-electron chi connectivity index (χ4n) is 4.49. The molecule has 1 aromatic carbocycles. The summed E-state index contributed by atoms with van der Waals surface area (Å²) < 4.78 is 3.79. The number of aryl methyl sites for hydroxylation is 1. The van der Waals surface area contributed by atoms with Gasteiger partial charge >= 0.3 is 0 Å². The van der Waals surface area contributed by atoms with Gasteiger partial charge in [0.1, 0.15) is 24.2 Å². The number of pyridine rings is 1. The summed E-state index contributed by atoms with van der Waals surface area (Å²) in [5, 5.41) is 17.5. The van der Waals surface area contributed by atoms with Crippen molar-refractivity contribution in [2.75, 3.05) is 18.0 Å². The van der Waals surface area contributed by atoms with Crippen LogP contribution in [0.1, 0.15) is 18.9 Å². The minimum absolute atomic E-state index is 0.401. The van der Waals surface area contributed by atoms with Crippen molar-refractivity contribution in [2.24, 2.45) is 7.05 Å². The highest BCUT2D eigenvalue weighted by Crippen LogP contribution is 2.32. The lowest BCUT2D eigenvalue weighted by Gasteiger charge is -2.32. The zero-order chi connectivity index (χ0) is 21.5. The van der Waals surface area contributed by atoms with Gasteiger partial charge in [-0.25, -0.2) is 14.6 Å². The topological polar surface area (TPSA) is 93.3 Å². The molecular formula is C23H23N9. The summed E-state index contributed by atoms with van der Waals surface area (Å²) in [5.41, 5.74) is 5.22. The second-order valence-electron chi connectivity index (χ2n) is 8.23. The van der Waals surface area contributed by atoms with E-state index in [-0.39, 0.29) is 0 Å². The Morgan fingerprint density at radius 2 is 1.91 bits per heavy atom. The van der Waals surface area contributed by atoms with Crippen molar-refractivity contribution in [3.8, 4) is 22.4 Å². The van der Waals surface area contributed by atoms with E-state index in [1.54, 1.807) is 6.33 Å². The number of fused-ring (bicyclic) bond motifs is 1. The third kappa shape index (κ3) is 3.31. The Hall–Kier alpha value is -4.01. The van der Waals surface area contributed by atoms with E-state index < -0.39 is 0 Å². The molecule has 0 radical (unpaired) electrons. The van der Waals surface area contributed by atoms with Crippen molar-refractivity contribution >= 4 is 16.7 Å². The van der Waals surface area contributed by atoms with Crippen LogP contribution < -0.4 is 4.90 Å². The van der Waals surface area contributed by atoms with Crippen LogP contribution in [-0.2, 0) is 7.05 Å². The smallest absolute Gasteiger partial charge is 0.137 e. The van der Waals surface area contributed by atoms with Crippen molar-refractivity contribution in [1.82, 2.24) is 39.7 Å². The Bertz CT molecular complexity index is 1360. The number of rotatable bonds is 4. The molecule has 9 nitrogen and oxygen atoms in total. The lowest BCUT2D eigenvalue weighted by atomic mass is 10.0. The number of hydrogen-bond donors (Lipinski definition) is 1. The monoisotopic (exact) mass is 425 g/mol. The number of benzene rings is 1. The highest BCUT2D eigenvalue weighted by atomic mass is 15.3. The van der Waals surface area contributed by atoms with Gasteiger partial charge < -0.3 is 4.90 Å². The van der Waals surface area contributed by atoms with Gasteiger partial charge in [-0.15, -0.1) is 0 Å². The van der Waals surface area contributed by atoms with Gasteiger partial charge in [-0.05, 0) is 42.7 Å². The predicted molar refractivity (Wildman–Crippen MR) is 122 cm³/mol. The maximum absolute atomic E-state index is 4.65. The number of hydrogen-bond acceptors (Lipinski definition) is 6. The van der Waals surface area contributed by atoms with E-state index >= 15 is 0 Å². The van der Waals surface area contributed by atoms with Crippen molar-refractivity contribution in [3.05, 3.63) is 61.6 Å². The van der Waals surface area contributed by atoms with Crippen molar-refractivity contribution in [3.63, 3.8) is 0 Å². The molecule has 0 bridgehead atoms. The molecule has 0 unspecified atom stereocenters. The van der Waals surface area contributed by atoms with Gasteiger partial charge in [0, 0.05) is 49.0 Å². The molecule has 1 saturated heterocycles. The highest BCUT2D eigenvalue weighted by Gasteiger charge is 2.22. The van der Waals surface area contributed by atoms with E-state index in [4.69, 9.17) is 0 Å². The second-order valence-corrected chi connectivity index (χ2v) is 8.23. The van der Waals surface area contributed by atoms with E-state index in [0.29, 0.717) is 6.04 Å². The molecule has 160 valence electrons. The van der Waals surface area contributed by atoms with Crippen LogP contribution in [0.15, 0.2) is 61.6 Å². The summed E-state index contributed by atoms with van der Waals surface area (Å²) in [6.07, 6.45) is 11.2. The first-order chi connectivity index (χ1) is 15.7. The van der Waals surface area contributed by atoms with Crippen molar-refractivity contribution in [2.45, 2.75) is 18.9 Å². The van der Waals surface area contributed by atoms with Gasteiger partial charge in [-0.2, -0.15) is 15.3 Å². The van der Waals surface area contributed by atoms with Crippen LogP contribution in [0.25, 0.3) is 33.3 Å². The zero-order valence-corrected chi connectivity index (χ0v) is 17.8. The van der Waals surface area contributed by atoms with Gasteiger partial charge in [0.15, 0.2) is 0 Å². The van der Waals surface area contributed by atoms with Crippen LogP contribution in [0.2, 0.25) is 0 Å². The van der Waals surface area contributed by atoms with E-state index in [2.05, 4.69) is 59.5 Å². The standard InChI is InChI=1S/C23H23N9/c1-30-13-18(12-26-30)16-2-3-21-20(10-16)23(29-28-21)17-4-7-25-22(11-17)31-8-5-19(6-9-31)32-15-24-14-27-32/h2-4,7,10-15,19H,5-6,8-9H2,1H3,(H,28,29). The molecule has 0 saturated carbocycles. The zero-order valence-electron chi connectivity index (χ0n) is 17.8. The van der Waals surface area contributed by atoms with Crippen LogP contribution in [0, 0.1) is 0 Å². The quantitative estimate of drug-likeness (QED) is 0.474. The van der Waals surface area contributed by atoms with E-state index in [1.807, 2.05) is 47.4 Å². The number of aromatic nitrogens is 8.